The Bertz CT molecular complexity index is 735. The monoisotopic (exact) mass is 281 g/mol. The van der Waals surface area contributed by atoms with Crippen LogP contribution >= 0.6 is 0 Å². The Morgan fingerprint density at radius 3 is 2.81 bits per heavy atom. The molecule has 1 saturated heterocycles. The molecule has 0 amide bonds. The van der Waals surface area contributed by atoms with Crippen molar-refractivity contribution in [3.05, 3.63) is 35.2 Å². The van der Waals surface area contributed by atoms with Crippen molar-refractivity contribution in [2.75, 3.05) is 6.54 Å². The number of nitrogens with zero attached hydrogens (tertiary/aromatic N) is 2. The van der Waals surface area contributed by atoms with E-state index in [1.54, 1.807) is 0 Å². The maximum Gasteiger partial charge on any atom is 0.0892 e. The van der Waals surface area contributed by atoms with Gasteiger partial charge < -0.3 is 5.32 Å². The number of hydrogen-bond donors (Lipinski definition) is 1. The van der Waals surface area contributed by atoms with Crippen LogP contribution in [-0.4, -0.2) is 22.6 Å². The summed E-state index contributed by atoms with van der Waals surface area (Å²) in [5, 5.41) is 3.73. The third kappa shape index (κ3) is 1.64. The van der Waals surface area contributed by atoms with Crippen molar-refractivity contribution in [2.24, 2.45) is 5.41 Å². The molecule has 0 saturated carbocycles. The molecule has 21 heavy (non-hydrogen) atoms. The van der Waals surface area contributed by atoms with E-state index in [1.165, 1.54) is 17.5 Å². The van der Waals surface area contributed by atoms with Gasteiger partial charge in [0.25, 0.3) is 0 Å². The van der Waals surface area contributed by atoms with E-state index < -0.39 is 0 Å². The van der Waals surface area contributed by atoms with Gasteiger partial charge >= 0.3 is 0 Å². The third-order valence-corrected chi connectivity index (χ3v) is 6.22. The van der Waals surface area contributed by atoms with Crippen molar-refractivity contribution in [3.63, 3.8) is 0 Å². The second kappa shape index (κ2) is 4.04. The van der Waals surface area contributed by atoms with Gasteiger partial charge in [-0.1, -0.05) is 20.8 Å². The Morgan fingerprint density at radius 2 is 2.00 bits per heavy atom. The van der Waals surface area contributed by atoms with Gasteiger partial charge in [-0.05, 0) is 55.0 Å². The van der Waals surface area contributed by atoms with Crippen LogP contribution in [0.1, 0.15) is 44.0 Å². The van der Waals surface area contributed by atoms with Gasteiger partial charge in [0.15, 0.2) is 0 Å². The van der Waals surface area contributed by atoms with Gasteiger partial charge in [-0.3, -0.25) is 4.98 Å². The first-order chi connectivity index (χ1) is 9.92. The lowest BCUT2D eigenvalue weighted by Crippen LogP contribution is -2.62. The largest absolute Gasteiger partial charge is 0.313 e. The molecule has 0 unspecified atom stereocenters. The van der Waals surface area contributed by atoms with Crippen molar-refractivity contribution in [1.82, 2.24) is 15.3 Å². The molecular formula is C18H23N3. The molecule has 1 fully saturated rings. The van der Waals surface area contributed by atoms with Gasteiger partial charge in [0.1, 0.15) is 0 Å². The summed E-state index contributed by atoms with van der Waals surface area (Å²) in [7, 11) is 0. The van der Waals surface area contributed by atoms with Crippen LogP contribution in [0.4, 0.5) is 0 Å². The van der Waals surface area contributed by atoms with Crippen molar-refractivity contribution in [1.29, 1.82) is 0 Å². The summed E-state index contributed by atoms with van der Waals surface area (Å²) < 4.78 is 0. The fraction of sp³-hybridized carbons (Fsp3) is 0.556. The molecule has 3 heteroatoms. The van der Waals surface area contributed by atoms with Crippen LogP contribution in [0.25, 0.3) is 11.0 Å². The minimum Gasteiger partial charge on any atom is -0.313 e. The van der Waals surface area contributed by atoms with Crippen LogP contribution in [0.2, 0.25) is 0 Å². The average molecular weight is 281 g/mol. The number of hydrogen-bond acceptors (Lipinski definition) is 3. The Labute approximate surface area is 126 Å². The predicted molar refractivity (Wildman–Crippen MR) is 85.5 cm³/mol. The molecule has 1 aliphatic carbocycles. The first-order valence-corrected chi connectivity index (χ1v) is 7.92. The van der Waals surface area contributed by atoms with Gasteiger partial charge in [-0.25, -0.2) is 4.98 Å². The summed E-state index contributed by atoms with van der Waals surface area (Å²) in [5.41, 5.74) is 6.50. The standard InChI is InChI=1S/C18H23N3/c1-11-10-20-14-9-13-12(7-15(14)21-11)8-16-17(2,3)18(13,4)5-6-19-16/h7,9-10,16,19H,5-6,8H2,1-4H3/t16-,18+/m1/s1. The lowest BCUT2D eigenvalue weighted by atomic mass is 9.51. The summed E-state index contributed by atoms with van der Waals surface area (Å²) in [6, 6.07) is 5.14. The maximum absolute atomic E-state index is 4.65. The van der Waals surface area contributed by atoms with Crippen LogP contribution in [0, 0.1) is 12.3 Å². The lowest BCUT2D eigenvalue weighted by Gasteiger charge is -2.57. The molecule has 1 aliphatic heterocycles. The highest BCUT2D eigenvalue weighted by Crippen LogP contribution is 2.53. The smallest absolute Gasteiger partial charge is 0.0892 e. The Kier molecular flexibility index (Phi) is 2.54. The van der Waals surface area contributed by atoms with Gasteiger partial charge in [-0.2, -0.15) is 0 Å². The lowest BCUT2D eigenvalue weighted by molar-refractivity contribution is 0.0561. The third-order valence-electron chi connectivity index (χ3n) is 6.22. The molecule has 2 bridgehead atoms. The van der Waals surface area contributed by atoms with Crippen LogP contribution < -0.4 is 5.32 Å². The molecular weight excluding hydrogens is 258 g/mol. The van der Waals surface area contributed by atoms with Crippen LogP contribution in [0.15, 0.2) is 18.3 Å². The van der Waals surface area contributed by atoms with Crippen molar-refractivity contribution in [2.45, 2.75) is 52.0 Å². The first-order valence-electron chi connectivity index (χ1n) is 7.92. The Balaban J connectivity index is 2.00. The average Bonchev–Trinajstić information content (AvgIpc) is 2.41. The highest BCUT2D eigenvalue weighted by atomic mass is 15.0. The second-order valence-corrected chi connectivity index (χ2v) is 7.52. The zero-order chi connectivity index (χ0) is 14.8. The zero-order valence-electron chi connectivity index (χ0n) is 13.3. The summed E-state index contributed by atoms with van der Waals surface area (Å²) in [6.07, 6.45) is 4.16. The van der Waals surface area contributed by atoms with Gasteiger partial charge in [0, 0.05) is 17.7 Å². The van der Waals surface area contributed by atoms with Gasteiger partial charge in [-0.15, -0.1) is 0 Å². The highest BCUT2D eigenvalue weighted by Gasteiger charge is 2.53. The summed E-state index contributed by atoms with van der Waals surface area (Å²) in [6.45, 7) is 10.4. The number of fused-ring (bicyclic) bond motifs is 5. The number of aryl methyl sites for hydroxylation is 1. The van der Waals surface area contributed by atoms with E-state index in [9.17, 15) is 0 Å². The minimum absolute atomic E-state index is 0.220. The fourth-order valence-electron chi connectivity index (χ4n) is 4.36. The molecule has 4 rings (SSSR count). The van der Waals surface area contributed by atoms with E-state index in [1.807, 2.05) is 13.1 Å². The molecule has 2 atom stereocenters. The molecule has 3 nitrogen and oxygen atoms in total. The SMILES string of the molecule is Cc1cnc2cc3c(cc2n1)C[C@H]1NCC[C@]3(C)C1(C)C. The summed E-state index contributed by atoms with van der Waals surface area (Å²) in [5.74, 6) is 0. The molecule has 2 aliphatic rings. The van der Waals surface area contributed by atoms with Crippen LogP contribution in [0.3, 0.4) is 0 Å². The molecule has 0 radical (unpaired) electrons. The number of aromatic nitrogens is 2. The van der Waals surface area contributed by atoms with Crippen LogP contribution in [0.5, 0.6) is 0 Å². The molecule has 1 N–H and O–H groups in total. The topological polar surface area (TPSA) is 37.8 Å². The summed E-state index contributed by atoms with van der Waals surface area (Å²) in [4.78, 5) is 9.25. The zero-order valence-corrected chi connectivity index (χ0v) is 13.3. The number of benzene rings is 1. The highest BCUT2D eigenvalue weighted by molar-refractivity contribution is 5.77. The van der Waals surface area contributed by atoms with Crippen molar-refractivity contribution < 1.29 is 0 Å². The van der Waals surface area contributed by atoms with Gasteiger partial charge in [0.2, 0.25) is 0 Å². The Hall–Kier alpha value is -1.48. The number of rotatable bonds is 0. The molecule has 0 spiro atoms. The minimum atomic E-state index is 0.220. The quantitative estimate of drug-likeness (QED) is 0.806. The van der Waals surface area contributed by atoms with Gasteiger partial charge in [0.05, 0.1) is 16.7 Å². The molecule has 2 heterocycles. The maximum atomic E-state index is 4.65. The van der Waals surface area contributed by atoms with E-state index >= 15 is 0 Å². The fourth-order valence-corrected chi connectivity index (χ4v) is 4.36. The first kappa shape index (κ1) is 13.2. The van der Waals surface area contributed by atoms with Crippen molar-refractivity contribution in [3.8, 4) is 0 Å². The molecule has 1 aromatic heterocycles. The van der Waals surface area contributed by atoms with E-state index in [2.05, 4.69) is 48.2 Å². The van der Waals surface area contributed by atoms with E-state index in [4.69, 9.17) is 0 Å². The number of nitrogens with one attached hydrogen (secondary N) is 1. The molecule has 2 aromatic rings. The van der Waals surface area contributed by atoms with E-state index in [0.29, 0.717) is 6.04 Å². The summed E-state index contributed by atoms with van der Waals surface area (Å²) >= 11 is 0. The van der Waals surface area contributed by atoms with E-state index in [-0.39, 0.29) is 10.8 Å². The van der Waals surface area contributed by atoms with E-state index in [0.717, 1.165) is 29.7 Å². The Morgan fingerprint density at radius 1 is 1.19 bits per heavy atom. The number of piperidine rings is 1. The normalized spacial score (nSPS) is 30.2. The molecule has 1 aromatic carbocycles. The predicted octanol–water partition coefficient (Wildman–Crippen LogP) is 3.14. The second-order valence-electron chi connectivity index (χ2n) is 7.52. The molecule has 110 valence electrons. The van der Waals surface area contributed by atoms with Crippen LogP contribution in [-0.2, 0) is 11.8 Å². The van der Waals surface area contributed by atoms with Crippen molar-refractivity contribution >= 4 is 11.0 Å².